The minimum absolute atomic E-state index is 0.0812. The topological polar surface area (TPSA) is 188 Å². The summed E-state index contributed by atoms with van der Waals surface area (Å²) in [4.78, 5) is 12.1. The maximum Gasteiger partial charge on any atom is 0.330 e. The first-order valence-electron chi connectivity index (χ1n) is 11.4. The number of aliphatic hydroxyl groups is 5. The Hall–Kier alpha value is -2.55. The molecule has 11 atom stereocenters. The Kier molecular flexibility index (Phi) is 6.34. The Labute approximate surface area is 205 Å². The Morgan fingerprint density at radius 3 is 2.53 bits per heavy atom. The van der Waals surface area contributed by atoms with E-state index in [9.17, 15) is 35.4 Å². The summed E-state index contributed by atoms with van der Waals surface area (Å²) in [6.45, 7) is 1.22. The summed E-state index contributed by atoms with van der Waals surface area (Å²) in [5.41, 5.74) is -2.00. The molecule has 3 heterocycles. The molecule has 6 N–H and O–H groups in total. The molecule has 0 radical (unpaired) electrons. The number of carbonyl (C=O) groups is 1. The summed E-state index contributed by atoms with van der Waals surface area (Å²) in [5.74, 6) is -1.55. The van der Waals surface area contributed by atoms with E-state index in [0.29, 0.717) is 5.56 Å². The van der Waals surface area contributed by atoms with Gasteiger partial charge in [-0.3, -0.25) is 0 Å². The number of rotatable bonds is 6. The maximum absolute atomic E-state index is 12.1. The number of epoxide rings is 1. The van der Waals surface area contributed by atoms with Crippen molar-refractivity contribution >= 4 is 12.0 Å². The van der Waals surface area contributed by atoms with Crippen LogP contribution in [0.3, 0.4) is 0 Å². The van der Waals surface area contributed by atoms with Gasteiger partial charge in [-0.05, 0) is 36.8 Å². The van der Waals surface area contributed by atoms with Crippen LogP contribution in [0.15, 0.2) is 42.7 Å². The summed E-state index contributed by atoms with van der Waals surface area (Å²) >= 11 is 0. The zero-order chi connectivity index (χ0) is 25.8. The fraction of sp³-hybridized carbons (Fsp3) is 0.542. The van der Waals surface area contributed by atoms with Crippen molar-refractivity contribution in [2.24, 2.45) is 5.92 Å². The van der Waals surface area contributed by atoms with Gasteiger partial charge in [-0.2, -0.15) is 0 Å². The number of ether oxygens (including phenoxy) is 5. The van der Waals surface area contributed by atoms with E-state index in [2.05, 4.69) is 0 Å². The van der Waals surface area contributed by atoms with Gasteiger partial charge in [-0.25, -0.2) is 4.79 Å². The Balaban J connectivity index is 1.22. The van der Waals surface area contributed by atoms with Gasteiger partial charge in [0.1, 0.15) is 60.2 Å². The van der Waals surface area contributed by atoms with Crippen LogP contribution in [-0.4, -0.2) is 104 Å². The largest absolute Gasteiger partial charge is 0.508 e. The molecule has 0 unspecified atom stereocenters. The molecule has 3 aliphatic heterocycles. The van der Waals surface area contributed by atoms with Crippen molar-refractivity contribution in [1.82, 2.24) is 0 Å². The zero-order valence-corrected chi connectivity index (χ0v) is 19.2. The molecular formula is C24H28O12. The van der Waals surface area contributed by atoms with Gasteiger partial charge < -0.3 is 54.3 Å². The van der Waals surface area contributed by atoms with E-state index in [4.69, 9.17) is 23.7 Å². The van der Waals surface area contributed by atoms with Crippen molar-refractivity contribution in [3.63, 3.8) is 0 Å². The average molecular weight is 508 g/mol. The summed E-state index contributed by atoms with van der Waals surface area (Å²) in [6.07, 6.45) is -5.78. The van der Waals surface area contributed by atoms with Gasteiger partial charge >= 0.3 is 5.97 Å². The van der Waals surface area contributed by atoms with Crippen LogP contribution in [0, 0.1) is 5.92 Å². The first kappa shape index (κ1) is 25.1. The quantitative estimate of drug-likeness (QED) is 0.149. The number of fused-ring (bicyclic) bond motifs is 3. The van der Waals surface area contributed by atoms with Gasteiger partial charge in [0.05, 0.1) is 12.2 Å². The van der Waals surface area contributed by atoms with Gasteiger partial charge in [-0.15, -0.1) is 0 Å². The lowest BCUT2D eigenvalue weighted by Crippen LogP contribution is -2.62. The van der Waals surface area contributed by atoms with Crippen LogP contribution < -0.4 is 0 Å². The number of aromatic hydroxyl groups is 1. The molecule has 0 amide bonds. The average Bonchev–Trinajstić information content (AvgIpc) is 3.49. The van der Waals surface area contributed by atoms with Crippen molar-refractivity contribution in [1.29, 1.82) is 0 Å². The molecular weight excluding hydrogens is 480 g/mol. The fourth-order valence-corrected chi connectivity index (χ4v) is 5.12. The lowest BCUT2D eigenvalue weighted by molar-refractivity contribution is -0.350. The molecule has 196 valence electrons. The van der Waals surface area contributed by atoms with Crippen LogP contribution in [-0.2, 0) is 28.5 Å². The van der Waals surface area contributed by atoms with Crippen molar-refractivity contribution in [3.8, 4) is 5.75 Å². The summed E-state index contributed by atoms with van der Waals surface area (Å²) in [6, 6.07) is 6.10. The summed E-state index contributed by atoms with van der Waals surface area (Å²) in [5, 5.41) is 61.9. The fourth-order valence-electron chi connectivity index (χ4n) is 5.12. The SMILES string of the molecule is C[C@]12O[C@H]1[C@H](O)[C@@]1(O)C=CO[C@@H](O[C@@H]3O[C@@H](COC(=O)/C=C/c4ccc(O)cc4)[C@@H](O)[C@@H](O)[C@@H]3O)[C@@H]12. The molecule has 1 saturated carbocycles. The smallest absolute Gasteiger partial charge is 0.330 e. The predicted molar refractivity (Wildman–Crippen MR) is 118 cm³/mol. The number of esters is 1. The van der Waals surface area contributed by atoms with E-state index in [1.807, 2.05) is 0 Å². The van der Waals surface area contributed by atoms with Crippen molar-refractivity contribution in [3.05, 3.63) is 48.2 Å². The predicted octanol–water partition coefficient (Wildman–Crippen LogP) is -1.48. The van der Waals surface area contributed by atoms with Crippen LogP contribution in [0.5, 0.6) is 5.75 Å². The summed E-state index contributed by atoms with van der Waals surface area (Å²) in [7, 11) is 0. The van der Waals surface area contributed by atoms with Crippen molar-refractivity contribution in [2.75, 3.05) is 6.61 Å². The number of carbonyl (C=O) groups excluding carboxylic acids is 1. The molecule has 12 heteroatoms. The highest BCUT2D eigenvalue weighted by atomic mass is 16.8. The molecule has 36 heavy (non-hydrogen) atoms. The Morgan fingerprint density at radius 2 is 1.81 bits per heavy atom. The molecule has 5 rings (SSSR count). The number of aliphatic hydroxyl groups excluding tert-OH is 4. The second-order valence-corrected chi connectivity index (χ2v) is 9.55. The number of benzene rings is 1. The standard InChI is InChI=1S/C24H28O12/c1-23-18-22(32-9-8-24(18,31)19(30)20(23)36-23)35-21-17(29)16(28)15(27)13(34-21)10-33-14(26)7-4-11-2-5-12(25)6-3-11/h2-9,13,15-22,25,27-31H,10H2,1H3/b7-4+/t13-,15+,16+,17-,18+,19-,20-,21-,22-,23+,24+/m0/s1. The number of phenols is 1. The van der Waals surface area contributed by atoms with Crippen molar-refractivity contribution in [2.45, 2.75) is 67.3 Å². The highest BCUT2D eigenvalue weighted by Gasteiger charge is 2.79. The highest BCUT2D eigenvalue weighted by molar-refractivity contribution is 5.87. The van der Waals surface area contributed by atoms with Gasteiger partial charge in [0.25, 0.3) is 0 Å². The zero-order valence-electron chi connectivity index (χ0n) is 19.2. The van der Waals surface area contributed by atoms with Crippen LogP contribution in [0.1, 0.15) is 12.5 Å². The summed E-state index contributed by atoms with van der Waals surface area (Å²) < 4.78 is 27.5. The third-order valence-electron chi connectivity index (χ3n) is 7.22. The molecule has 1 aliphatic carbocycles. The van der Waals surface area contributed by atoms with Gasteiger partial charge in [0, 0.05) is 6.08 Å². The third kappa shape index (κ3) is 4.19. The van der Waals surface area contributed by atoms with Gasteiger partial charge in [0.2, 0.25) is 6.29 Å². The normalized spacial score (nSPS) is 45.1. The van der Waals surface area contributed by atoms with Crippen LogP contribution in [0.25, 0.3) is 6.08 Å². The third-order valence-corrected chi connectivity index (χ3v) is 7.22. The Bertz CT molecular complexity index is 1040. The van der Waals surface area contributed by atoms with E-state index < -0.39 is 78.9 Å². The van der Waals surface area contributed by atoms with Crippen LogP contribution in [0.2, 0.25) is 0 Å². The molecule has 4 aliphatic rings. The molecule has 3 fully saturated rings. The molecule has 1 aromatic rings. The second-order valence-electron chi connectivity index (χ2n) is 9.55. The monoisotopic (exact) mass is 508 g/mol. The molecule has 0 spiro atoms. The molecule has 1 aromatic carbocycles. The minimum atomic E-state index is -1.70. The van der Waals surface area contributed by atoms with E-state index in [1.54, 1.807) is 19.1 Å². The maximum atomic E-state index is 12.1. The number of hydrogen-bond acceptors (Lipinski definition) is 12. The first-order valence-corrected chi connectivity index (χ1v) is 11.4. The number of hydrogen-bond donors (Lipinski definition) is 6. The lowest BCUT2D eigenvalue weighted by Gasteiger charge is -2.45. The van der Waals surface area contributed by atoms with Gasteiger partial charge in [-0.1, -0.05) is 12.1 Å². The highest BCUT2D eigenvalue weighted by Crippen LogP contribution is 2.61. The van der Waals surface area contributed by atoms with E-state index in [1.165, 1.54) is 30.5 Å². The van der Waals surface area contributed by atoms with E-state index in [-0.39, 0.29) is 5.75 Å². The molecule has 0 aromatic heterocycles. The minimum Gasteiger partial charge on any atom is -0.508 e. The first-order chi connectivity index (χ1) is 17.0. The van der Waals surface area contributed by atoms with Crippen LogP contribution >= 0.6 is 0 Å². The second kappa shape index (κ2) is 9.08. The van der Waals surface area contributed by atoms with Crippen LogP contribution in [0.4, 0.5) is 0 Å². The molecule has 12 nitrogen and oxygen atoms in total. The van der Waals surface area contributed by atoms with E-state index in [0.717, 1.165) is 6.08 Å². The molecule has 0 bridgehead atoms. The lowest BCUT2D eigenvalue weighted by atomic mass is 9.82. The van der Waals surface area contributed by atoms with E-state index >= 15 is 0 Å². The Morgan fingerprint density at radius 1 is 1.08 bits per heavy atom. The molecule has 2 saturated heterocycles. The van der Waals surface area contributed by atoms with Gasteiger partial charge in [0.15, 0.2) is 6.29 Å². The number of phenolic OH excluding ortho intramolecular Hbond substituents is 1. The van der Waals surface area contributed by atoms with Crippen molar-refractivity contribution < 1.29 is 59.1 Å².